The lowest BCUT2D eigenvalue weighted by Crippen LogP contribution is -2.13. The molecule has 0 fully saturated rings. The van der Waals surface area contributed by atoms with Gasteiger partial charge in [-0.3, -0.25) is 14.9 Å². The third-order valence-corrected chi connectivity index (χ3v) is 2.78. The van der Waals surface area contributed by atoms with E-state index in [0.717, 1.165) is 0 Å². The summed E-state index contributed by atoms with van der Waals surface area (Å²) < 4.78 is 0. The Labute approximate surface area is 114 Å². The summed E-state index contributed by atoms with van der Waals surface area (Å²) >= 11 is 0. The highest BCUT2D eigenvalue weighted by molar-refractivity contribution is 6.04. The Morgan fingerprint density at radius 1 is 1.15 bits per heavy atom. The van der Waals surface area contributed by atoms with Gasteiger partial charge in [-0.05, 0) is 18.2 Å². The fraction of sp³-hybridized carbons (Fsp3) is 0.0714. The number of para-hydroxylation sites is 1. The molecule has 0 radical (unpaired) electrons. The van der Waals surface area contributed by atoms with E-state index in [0.29, 0.717) is 16.8 Å². The Hall–Kier alpha value is -2.73. The third-order valence-electron chi connectivity index (χ3n) is 2.78. The molecular formula is C14H12N2O4. The fourth-order valence-corrected chi connectivity index (χ4v) is 1.71. The molecule has 0 saturated carbocycles. The van der Waals surface area contributed by atoms with Crippen LogP contribution in [0.1, 0.15) is 15.9 Å². The lowest BCUT2D eigenvalue weighted by molar-refractivity contribution is -0.384. The lowest BCUT2D eigenvalue weighted by Gasteiger charge is -2.09. The van der Waals surface area contributed by atoms with Crippen molar-refractivity contribution in [2.45, 2.75) is 6.61 Å². The van der Waals surface area contributed by atoms with Crippen molar-refractivity contribution in [1.29, 1.82) is 0 Å². The zero-order valence-corrected chi connectivity index (χ0v) is 10.4. The summed E-state index contributed by atoms with van der Waals surface area (Å²) in [5.74, 6) is -0.388. The topological polar surface area (TPSA) is 92.5 Å². The van der Waals surface area contributed by atoms with E-state index in [1.807, 2.05) is 0 Å². The van der Waals surface area contributed by atoms with Crippen molar-refractivity contribution in [2.75, 3.05) is 5.32 Å². The third kappa shape index (κ3) is 2.99. The van der Waals surface area contributed by atoms with E-state index >= 15 is 0 Å². The Morgan fingerprint density at radius 2 is 1.80 bits per heavy atom. The van der Waals surface area contributed by atoms with Crippen LogP contribution in [0.25, 0.3) is 0 Å². The van der Waals surface area contributed by atoms with Gasteiger partial charge in [0.25, 0.3) is 11.6 Å². The van der Waals surface area contributed by atoms with Crippen LogP contribution in [-0.4, -0.2) is 15.9 Å². The number of hydrogen-bond acceptors (Lipinski definition) is 4. The van der Waals surface area contributed by atoms with Crippen LogP contribution >= 0.6 is 0 Å². The molecule has 0 atom stereocenters. The average molecular weight is 272 g/mol. The highest BCUT2D eigenvalue weighted by atomic mass is 16.6. The molecule has 0 aliphatic rings. The standard InChI is InChI=1S/C14H12N2O4/c17-9-11-3-1-2-4-13(11)15-14(18)10-5-7-12(8-6-10)16(19)20/h1-8,17H,9H2,(H,15,18). The number of nitrogens with zero attached hydrogens (tertiary/aromatic N) is 1. The molecule has 0 aliphatic carbocycles. The van der Waals surface area contributed by atoms with Crippen molar-refractivity contribution in [3.63, 3.8) is 0 Å². The quantitative estimate of drug-likeness (QED) is 0.660. The van der Waals surface area contributed by atoms with Crippen LogP contribution in [-0.2, 0) is 6.61 Å². The van der Waals surface area contributed by atoms with Crippen LogP contribution in [0, 0.1) is 10.1 Å². The average Bonchev–Trinajstić information content (AvgIpc) is 2.48. The number of benzene rings is 2. The van der Waals surface area contributed by atoms with Crippen molar-refractivity contribution < 1.29 is 14.8 Å². The first-order valence-corrected chi connectivity index (χ1v) is 5.86. The number of hydrogen-bond donors (Lipinski definition) is 2. The number of nitro benzene ring substituents is 1. The van der Waals surface area contributed by atoms with E-state index in [4.69, 9.17) is 0 Å². The van der Waals surface area contributed by atoms with E-state index in [1.165, 1.54) is 24.3 Å². The van der Waals surface area contributed by atoms with Crippen LogP contribution in [0.5, 0.6) is 0 Å². The summed E-state index contributed by atoms with van der Waals surface area (Å²) in [6.45, 7) is -0.184. The minimum Gasteiger partial charge on any atom is -0.392 e. The number of rotatable bonds is 4. The van der Waals surface area contributed by atoms with Crippen molar-refractivity contribution >= 4 is 17.3 Å². The van der Waals surface area contributed by atoms with Crippen LogP contribution < -0.4 is 5.32 Å². The molecule has 0 aromatic heterocycles. The first-order valence-electron chi connectivity index (χ1n) is 5.86. The van der Waals surface area contributed by atoms with Gasteiger partial charge in [-0.25, -0.2) is 0 Å². The van der Waals surface area contributed by atoms with Gasteiger partial charge in [-0.2, -0.15) is 0 Å². The van der Waals surface area contributed by atoms with Crippen molar-refractivity contribution in [1.82, 2.24) is 0 Å². The number of non-ortho nitro benzene ring substituents is 1. The zero-order valence-electron chi connectivity index (χ0n) is 10.4. The largest absolute Gasteiger partial charge is 0.392 e. The molecule has 2 aromatic rings. The monoisotopic (exact) mass is 272 g/mol. The fourth-order valence-electron chi connectivity index (χ4n) is 1.71. The van der Waals surface area contributed by atoms with Gasteiger partial charge in [0.1, 0.15) is 0 Å². The van der Waals surface area contributed by atoms with Gasteiger partial charge < -0.3 is 10.4 Å². The molecule has 20 heavy (non-hydrogen) atoms. The summed E-state index contributed by atoms with van der Waals surface area (Å²) in [6, 6.07) is 12.2. The van der Waals surface area contributed by atoms with E-state index in [-0.39, 0.29) is 18.2 Å². The van der Waals surface area contributed by atoms with Crippen LogP contribution in [0.3, 0.4) is 0 Å². The highest BCUT2D eigenvalue weighted by Gasteiger charge is 2.11. The maximum atomic E-state index is 12.0. The first-order chi connectivity index (χ1) is 9.61. The molecule has 102 valence electrons. The predicted octanol–water partition coefficient (Wildman–Crippen LogP) is 2.34. The number of nitrogens with one attached hydrogen (secondary N) is 1. The second-order valence-electron chi connectivity index (χ2n) is 4.07. The smallest absolute Gasteiger partial charge is 0.269 e. The molecule has 0 saturated heterocycles. The van der Waals surface area contributed by atoms with Crippen LogP contribution in [0.2, 0.25) is 0 Å². The Morgan fingerprint density at radius 3 is 2.40 bits per heavy atom. The SMILES string of the molecule is O=C(Nc1ccccc1CO)c1ccc([N+](=O)[O-])cc1. The second kappa shape index (κ2) is 5.94. The molecule has 0 spiro atoms. The number of nitro groups is 1. The molecular weight excluding hydrogens is 260 g/mol. The number of anilines is 1. The highest BCUT2D eigenvalue weighted by Crippen LogP contribution is 2.17. The number of amides is 1. The minimum atomic E-state index is -0.525. The number of carbonyl (C=O) groups is 1. The maximum Gasteiger partial charge on any atom is 0.269 e. The number of carbonyl (C=O) groups excluding carboxylic acids is 1. The molecule has 6 heteroatoms. The summed E-state index contributed by atoms with van der Waals surface area (Å²) in [5.41, 5.74) is 1.35. The summed E-state index contributed by atoms with van der Waals surface area (Å²) in [5, 5.41) is 22.4. The maximum absolute atomic E-state index is 12.0. The molecule has 6 nitrogen and oxygen atoms in total. The summed E-state index contributed by atoms with van der Waals surface area (Å²) in [7, 11) is 0. The van der Waals surface area contributed by atoms with Crippen molar-refractivity contribution in [3.05, 3.63) is 69.8 Å². The number of aliphatic hydroxyl groups excluding tert-OH is 1. The normalized spacial score (nSPS) is 10.1. The molecule has 0 heterocycles. The van der Waals surface area contributed by atoms with E-state index in [9.17, 15) is 20.0 Å². The molecule has 0 aliphatic heterocycles. The molecule has 0 unspecified atom stereocenters. The van der Waals surface area contributed by atoms with Gasteiger partial charge in [0.15, 0.2) is 0 Å². The molecule has 2 rings (SSSR count). The van der Waals surface area contributed by atoms with Crippen molar-refractivity contribution in [3.8, 4) is 0 Å². The van der Waals surface area contributed by atoms with Crippen LogP contribution in [0.15, 0.2) is 48.5 Å². The van der Waals surface area contributed by atoms with E-state index in [1.54, 1.807) is 24.3 Å². The predicted molar refractivity (Wildman–Crippen MR) is 73.4 cm³/mol. The van der Waals surface area contributed by atoms with Gasteiger partial charge in [-0.15, -0.1) is 0 Å². The van der Waals surface area contributed by atoms with Gasteiger partial charge in [-0.1, -0.05) is 18.2 Å². The first kappa shape index (κ1) is 13.7. The van der Waals surface area contributed by atoms with Gasteiger partial charge >= 0.3 is 0 Å². The molecule has 1 amide bonds. The minimum absolute atomic E-state index is 0.0719. The molecule has 2 aromatic carbocycles. The van der Waals surface area contributed by atoms with E-state index in [2.05, 4.69) is 5.32 Å². The van der Waals surface area contributed by atoms with Gasteiger partial charge in [0.2, 0.25) is 0 Å². The summed E-state index contributed by atoms with van der Waals surface area (Å²) in [6.07, 6.45) is 0. The van der Waals surface area contributed by atoms with Crippen molar-refractivity contribution in [2.24, 2.45) is 0 Å². The number of aliphatic hydroxyl groups is 1. The summed E-state index contributed by atoms with van der Waals surface area (Å²) in [4.78, 5) is 22.0. The Balaban J connectivity index is 2.17. The second-order valence-corrected chi connectivity index (χ2v) is 4.07. The van der Waals surface area contributed by atoms with Crippen LogP contribution in [0.4, 0.5) is 11.4 Å². The van der Waals surface area contributed by atoms with E-state index < -0.39 is 4.92 Å². The molecule has 2 N–H and O–H groups in total. The Kier molecular flexibility index (Phi) is 4.07. The lowest BCUT2D eigenvalue weighted by atomic mass is 10.1. The van der Waals surface area contributed by atoms with Gasteiger partial charge in [0, 0.05) is 28.9 Å². The zero-order chi connectivity index (χ0) is 14.5. The molecule has 0 bridgehead atoms. The Bertz CT molecular complexity index is 638. The van der Waals surface area contributed by atoms with Gasteiger partial charge in [0.05, 0.1) is 11.5 Å².